The van der Waals surface area contributed by atoms with Crippen molar-refractivity contribution < 1.29 is 27.5 Å². The Morgan fingerprint density at radius 2 is 1.61 bits per heavy atom. The first-order chi connectivity index (χ1) is 27.7. The van der Waals surface area contributed by atoms with Gasteiger partial charge in [0.2, 0.25) is 15.9 Å². The van der Waals surface area contributed by atoms with Crippen LogP contribution in [0.3, 0.4) is 0 Å². The number of nitrogens with zero attached hydrogens (tertiary/aromatic N) is 2. The summed E-state index contributed by atoms with van der Waals surface area (Å²) in [5.41, 5.74) is 4.30. The van der Waals surface area contributed by atoms with Crippen LogP contribution < -0.4 is 25.0 Å². The van der Waals surface area contributed by atoms with Gasteiger partial charge < -0.3 is 20.3 Å². The molecular formula is C46H64ClN5O6S. The van der Waals surface area contributed by atoms with Crippen LogP contribution in [0.4, 0.5) is 22.7 Å². The molecule has 11 nitrogen and oxygen atoms in total. The Bertz CT molecular complexity index is 2140. The maximum atomic E-state index is 14.0. The van der Waals surface area contributed by atoms with Crippen LogP contribution in [0.1, 0.15) is 117 Å². The molecule has 1 fully saturated rings. The Labute approximate surface area is 357 Å². The number of hydrogen-bond donors (Lipinski definition) is 3. The van der Waals surface area contributed by atoms with Gasteiger partial charge >= 0.3 is 0 Å². The summed E-state index contributed by atoms with van der Waals surface area (Å²) in [6.45, 7) is 20.8. The fourth-order valence-electron chi connectivity index (χ4n) is 6.78. The molecule has 3 N–H and O–H groups in total. The summed E-state index contributed by atoms with van der Waals surface area (Å²) in [6, 6.07) is 16.8. The molecule has 13 heteroatoms. The quantitative estimate of drug-likeness (QED) is 0.0519. The minimum Gasteiger partial charge on any atom is -0.493 e. The summed E-state index contributed by atoms with van der Waals surface area (Å²) in [5, 5.41) is 5.93. The molecule has 1 aliphatic carbocycles. The zero-order chi connectivity index (χ0) is 43.8. The molecule has 3 aromatic rings. The van der Waals surface area contributed by atoms with Gasteiger partial charge in [-0.1, -0.05) is 72.2 Å². The number of ether oxygens (including phenoxy) is 1. The van der Waals surface area contributed by atoms with Crippen LogP contribution in [-0.4, -0.2) is 64.2 Å². The molecule has 0 spiro atoms. The molecule has 2 amide bonds. The Morgan fingerprint density at radius 1 is 0.915 bits per heavy atom. The van der Waals surface area contributed by atoms with Gasteiger partial charge in [-0.2, -0.15) is 0 Å². The van der Waals surface area contributed by atoms with Crippen LogP contribution in [0.5, 0.6) is 5.75 Å². The number of Topliss-reactive ketones (excluding diaryl/α,β-unsaturated/α-hetero) is 1. The Kier molecular flexibility index (Phi) is 16.0. The third-order valence-corrected chi connectivity index (χ3v) is 13.0. The van der Waals surface area contributed by atoms with E-state index in [2.05, 4.69) is 80.1 Å². The first kappa shape index (κ1) is 47.4. The smallest absolute Gasteiger partial charge is 0.278 e. The van der Waals surface area contributed by atoms with E-state index in [0.717, 1.165) is 36.1 Å². The number of ketones is 1. The molecule has 0 saturated heterocycles. The number of sulfonamides is 1. The second-order valence-corrected chi connectivity index (χ2v) is 19.2. The lowest BCUT2D eigenvalue weighted by Crippen LogP contribution is -2.35. The van der Waals surface area contributed by atoms with Crippen LogP contribution in [0, 0.1) is 12.3 Å². The number of aliphatic imine (C=N–C) groups is 1. The molecule has 0 radical (unpaired) electrons. The molecule has 1 saturated carbocycles. The minimum atomic E-state index is -3.32. The Morgan fingerprint density at radius 3 is 2.20 bits per heavy atom. The highest BCUT2D eigenvalue weighted by Crippen LogP contribution is 2.50. The number of likely N-dealkylation sites (N-methyl/N-ethyl adjacent to an activating group) is 1. The second-order valence-electron chi connectivity index (χ2n) is 17.0. The van der Waals surface area contributed by atoms with Crippen molar-refractivity contribution in [2.45, 2.75) is 118 Å². The number of nitrogens with one attached hydrogen (secondary N) is 3. The monoisotopic (exact) mass is 849 g/mol. The zero-order valence-corrected chi connectivity index (χ0v) is 38.2. The standard InChI is InChI=1S/C46H64ClN5O6S/c1-11-44(6,7)32-17-22-39(35(29-32)45(8,9)12-2)58-27-15-16-40(53)49-33-18-20-36(47)38(30-33)51-43(55)41(42(54)46(13-3)23-24-46)50-37-21-19-34(28-31(37)5)52(14-4)26-25-48-59(10,56)57/h17-22,28-30,48H,11-16,23-27H2,1-10H3,(H,49,53)(H,51,55)/b50-41+. The summed E-state index contributed by atoms with van der Waals surface area (Å²) in [7, 11) is -3.32. The highest BCUT2D eigenvalue weighted by molar-refractivity contribution is 7.88. The minimum absolute atomic E-state index is 0.0518. The van der Waals surface area contributed by atoms with Crippen LogP contribution in [-0.2, 0) is 35.2 Å². The molecule has 59 heavy (non-hydrogen) atoms. The number of carbonyl (C=O) groups excluding carboxylic acids is 3. The largest absolute Gasteiger partial charge is 0.493 e. The lowest BCUT2D eigenvalue weighted by atomic mass is 9.76. The predicted molar refractivity (Wildman–Crippen MR) is 242 cm³/mol. The van der Waals surface area contributed by atoms with E-state index in [1.54, 1.807) is 24.3 Å². The van der Waals surface area contributed by atoms with Crippen molar-refractivity contribution in [3.8, 4) is 5.75 Å². The van der Waals surface area contributed by atoms with Crippen molar-refractivity contribution in [2.24, 2.45) is 10.4 Å². The van der Waals surface area contributed by atoms with E-state index in [4.69, 9.17) is 16.3 Å². The van der Waals surface area contributed by atoms with E-state index < -0.39 is 21.3 Å². The lowest BCUT2D eigenvalue weighted by Gasteiger charge is -2.30. The summed E-state index contributed by atoms with van der Waals surface area (Å²) in [6.07, 6.45) is 5.75. The van der Waals surface area contributed by atoms with Gasteiger partial charge in [-0.05, 0) is 117 Å². The summed E-state index contributed by atoms with van der Waals surface area (Å²) in [4.78, 5) is 47.7. The van der Waals surface area contributed by atoms with E-state index in [1.165, 1.54) is 11.1 Å². The summed E-state index contributed by atoms with van der Waals surface area (Å²) in [5.74, 6) is -0.395. The maximum Gasteiger partial charge on any atom is 0.278 e. The lowest BCUT2D eigenvalue weighted by molar-refractivity contribution is -0.119. The number of anilines is 3. The topological polar surface area (TPSA) is 146 Å². The number of benzene rings is 3. The van der Waals surface area contributed by atoms with Gasteiger partial charge in [0.05, 0.1) is 29.3 Å². The molecule has 0 unspecified atom stereocenters. The number of amides is 2. The molecule has 322 valence electrons. The van der Waals surface area contributed by atoms with Crippen molar-refractivity contribution in [2.75, 3.05) is 48.0 Å². The van der Waals surface area contributed by atoms with E-state index in [-0.39, 0.29) is 51.9 Å². The third kappa shape index (κ3) is 12.6. The first-order valence-corrected chi connectivity index (χ1v) is 23.1. The third-order valence-electron chi connectivity index (χ3n) is 11.9. The van der Waals surface area contributed by atoms with Gasteiger partial charge in [0, 0.05) is 48.4 Å². The molecule has 3 aromatic carbocycles. The average molecular weight is 851 g/mol. The average Bonchev–Trinajstić information content (AvgIpc) is 4.00. The highest BCUT2D eigenvalue weighted by Gasteiger charge is 2.50. The van der Waals surface area contributed by atoms with E-state index in [1.807, 2.05) is 37.8 Å². The van der Waals surface area contributed by atoms with Crippen molar-refractivity contribution in [1.29, 1.82) is 0 Å². The van der Waals surface area contributed by atoms with E-state index >= 15 is 0 Å². The van der Waals surface area contributed by atoms with Crippen molar-refractivity contribution in [3.05, 3.63) is 76.3 Å². The molecule has 0 aliphatic heterocycles. The molecular weight excluding hydrogens is 786 g/mol. The van der Waals surface area contributed by atoms with E-state index in [9.17, 15) is 22.8 Å². The van der Waals surface area contributed by atoms with Crippen molar-refractivity contribution >= 4 is 67.7 Å². The van der Waals surface area contributed by atoms with E-state index in [0.29, 0.717) is 56.8 Å². The Balaban J connectivity index is 1.46. The zero-order valence-electron chi connectivity index (χ0n) is 36.6. The number of hydrogen-bond acceptors (Lipinski definition) is 8. The van der Waals surface area contributed by atoms with Gasteiger partial charge in [-0.15, -0.1) is 0 Å². The SMILES string of the molecule is CCN(CCNS(C)(=O)=O)c1ccc(/N=C(/C(=O)Nc2cc(NC(=O)CCCOc3ccc(C(C)(C)CC)cc3C(C)(C)CC)ccc2Cl)C(=O)C2(CC)CC2)c(C)c1. The molecule has 1 aliphatic rings. The van der Waals surface area contributed by atoms with Gasteiger partial charge in [0.15, 0.2) is 11.5 Å². The molecule has 4 rings (SSSR count). The fourth-order valence-corrected chi connectivity index (χ4v) is 7.41. The number of rotatable bonds is 22. The fraction of sp³-hybridized carbons (Fsp3) is 0.522. The van der Waals surface area contributed by atoms with Gasteiger partial charge in [0.1, 0.15) is 5.75 Å². The van der Waals surface area contributed by atoms with Crippen LogP contribution >= 0.6 is 11.6 Å². The van der Waals surface area contributed by atoms with Crippen LogP contribution in [0.15, 0.2) is 59.6 Å². The predicted octanol–water partition coefficient (Wildman–Crippen LogP) is 9.67. The second kappa shape index (κ2) is 19.9. The normalized spacial score (nSPS) is 14.1. The van der Waals surface area contributed by atoms with Crippen molar-refractivity contribution in [1.82, 2.24) is 4.72 Å². The molecule has 0 bridgehead atoms. The number of carbonyl (C=O) groups is 3. The maximum absolute atomic E-state index is 14.0. The number of halogens is 1. The van der Waals surface area contributed by atoms with Gasteiger partial charge in [-0.3, -0.25) is 14.4 Å². The molecule has 0 aromatic heterocycles. The van der Waals surface area contributed by atoms with Crippen molar-refractivity contribution in [3.63, 3.8) is 0 Å². The summed E-state index contributed by atoms with van der Waals surface area (Å²) >= 11 is 6.55. The molecule has 0 atom stereocenters. The first-order valence-electron chi connectivity index (χ1n) is 20.8. The van der Waals surface area contributed by atoms with Gasteiger partial charge in [-0.25, -0.2) is 18.1 Å². The Hall–Kier alpha value is -4.26. The van der Waals surface area contributed by atoms with Gasteiger partial charge in [0.25, 0.3) is 5.91 Å². The number of aryl methyl sites for hydroxylation is 1. The highest BCUT2D eigenvalue weighted by atomic mass is 35.5. The molecule has 0 heterocycles. The van der Waals surface area contributed by atoms with Crippen LogP contribution in [0.25, 0.3) is 0 Å². The van der Waals surface area contributed by atoms with Crippen LogP contribution in [0.2, 0.25) is 5.02 Å². The summed E-state index contributed by atoms with van der Waals surface area (Å²) < 4.78 is 31.9.